The molecule has 112 valence electrons. The van der Waals surface area contributed by atoms with Gasteiger partial charge in [-0.3, -0.25) is 4.79 Å². The maximum Gasteiger partial charge on any atom is 0.376 e. The van der Waals surface area contributed by atoms with Crippen LogP contribution in [0.2, 0.25) is 0 Å². The van der Waals surface area contributed by atoms with Gasteiger partial charge in [0, 0.05) is 5.56 Å². The Labute approximate surface area is 128 Å². The molecule has 2 rings (SSSR count). The molecule has 0 saturated heterocycles. The van der Waals surface area contributed by atoms with Crippen LogP contribution in [0, 0.1) is 6.92 Å². The first-order valence-corrected chi connectivity index (χ1v) is 6.79. The highest BCUT2D eigenvalue weighted by Crippen LogP contribution is 2.21. The molecule has 2 aromatic rings. The molecule has 22 heavy (non-hydrogen) atoms. The zero-order valence-corrected chi connectivity index (χ0v) is 12.2. The number of carboxylic acids is 1. The Hall–Kier alpha value is -2.88. The van der Waals surface area contributed by atoms with Gasteiger partial charge >= 0.3 is 5.97 Å². The van der Waals surface area contributed by atoms with Gasteiger partial charge in [-0.05, 0) is 36.3 Å². The number of aryl methyl sites for hydroxylation is 1. The Morgan fingerprint density at radius 1 is 1.09 bits per heavy atom. The standard InChI is InChI=1S/C18H16O4/c1-13-6-2-3-8-15(13)12-22-17-9-5-4-7-14(17)10-11-16(19)18(20)21/h2-11H,12H2,1H3,(H,20,21)/b11-10+. The lowest BCUT2D eigenvalue weighted by Crippen LogP contribution is -2.08. The highest BCUT2D eigenvalue weighted by molar-refractivity contribution is 6.38. The summed E-state index contributed by atoms with van der Waals surface area (Å²) in [6.07, 6.45) is 2.47. The van der Waals surface area contributed by atoms with Crippen LogP contribution >= 0.6 is 0 Å². The average molecular weight is 296 g/mol. The molecule has 0 aliphatic rings. The molecule has 0 aliphatic heterocycles. The van der Waals surface area contributed by atoms with E-state index in [1.165, 1.54) is 6.08 Å². The van der Waals surface area contributed by atoms with Gasteiger partial charge in [-0.15, -0.1) is 0 Å². The molecule has 0 radical (unpaired) electrons. The van der Waals surface area contributed by atoms with Gasteiger partial charge < -0.3 is 9.84 Å². The van der Waals surface area contributed by atoms with Crippen molar-refractivity contribution in [1.82, 2.24) is 0 Å². The summed E-state index contributed by atoms with van der Waals surface area (Å²) in [6.45, 7) is 2.42. The number of carbonyl (C=O) groups excluding carboxylic acids is 1. The maximum atomic E-state index is 11.1. The van der Waals surface area contributed by atoms with Gasteiger partial charge in [0.2, 0.25) is 0 Å². The summed E-state index contributed by atoms with van der Waals surface area (Å²) in [4.78, 5) is 21.6. The van der Waals surface area contributed by atoms with Crippen LogP contribution in [0.15, 0.2) is 54.6 Å². The third-order valence-corrected chi connectivity index (χ3v) is 3.19. The smallest absolute Gasteiger partial charge is 0.376 e. The fraction of sp³-hybridized carbons (Fsp3) is 0.111. The third kappa shape index (κ3) is 4.06. The lowest BCUT2D eigenvalue weighted by atomic mass is 10.1. The molecule has 0 saturated carbocycles. The van der Waals surface area contributed by atoms with Crippen molar-refractivity contribution < 1.29 is 19.4 Å². The first-order valence-electron chi connectivity index (χ1n) is 6.79. The summed E-state index contributed by atoms with van der Waals surface area (Å²) in [6, 6.07) is 15.1. The zero-order chi connectivity index (χ0) is 15.9. The number of hydrogen-bond acceptors (Lipinski definition) is 3. The predicted octanol–water partition coefficient (Wildman–Crippen LogP) is 3.24. The summed E-state index contributed by atoms with van der Waals surface area (Å²) >= 11 is 0. The number of ether oxygens (including phenoxy) is 1. The molecule has 1 N–H and O–H groups in total. The van der Waals surface area contributed by atoms with E-state index in [-0.39, 0.29) is 0 Å². The molecule has 0 aliphatic carbocycles. The van der Waals surface area contributed by atoms with E-state index >= 15 is 0 Å². The number of benzene rings is 2. The van der Waals surface area contributed by atoms with Crippen molar-refractivity contribution in [3.63, 3.8) is 0 Å². The van der Waals surface area contributed by atoms with Gasteiger partial charge in [0.15, 0.2) is 0 Å². The maximum absolute atomic E-state index is 11.1. The molecule has 0 bridgehead atoms. The minimum absolute atomic E-state index is 0.407. The molecule has 0 heterocycles. The van der Waals surface area contributed by atoms with Crippen LogP contribution in [-0.2, 0) is 16.2 Å². The normalized spacial score (nSPS) is 10.6. The van der Waals surface area contributed by atoms with Gasteiger partial charge in [-0.1, -0.05) is 42.5 Å². The summed E-state index contributed by atoms with van der Waals surface area (Å²) in [5.41, 5.74) is 2.87. The van der Waals surface area contributed by atoms with Crippen molar-refractivity contribution in [2.24, 2.45) is 0 Å². The van der Waals surface area contributed by atoms with Crippen molar-refractivity contribution in [3.05, 3.63) is 71.3 Å². The zero-order valence-electron chi connectivity index (χ0n) is 12.2. The van der Waals surface area contributed by atoms with E-state index in [0.29, 0.717) is 17.9 Å². The fourth-order valence-electron chi connectivity index (χ4n) is 1.91. The molecular formula is C18H16O4. The fourth-order valence-corrected chi connectivity index (χ4v) is 1.91. The number of carboxylic acid groups (broad SMARTS) is 1. The summed E-state index contributed by atoms with van der Waals surface area (Å²) in [7, 11) is 0. The van der Waals surface area contributed by atoms with Crippen molar-refractivity contribution in [2.45, 2.75) is 13.5 Å². The molecule has 0 aromatic heterocycles. The quantitative estimate of drug-likeness (QED) is 0.656. The molecule has 0 atom stereocenters. The van der Waals surface area contributed by atoms with Gasteiger partial charge in [0.1, 0.15) is 12.4 Å². The van der Waals surface area contributed by atoms with Gasteiger partial charge in [-0.25, -0.2) is 4.79 Å². The van der Waals surface area contributed by atoms with Crippen LogP contribution in [0.4, 0.5) is 0 Å². The minimum atomic E-state index is -1.48. The van der Waals surface area contributed by atoms with Crippen LogP contribution in [0.5, 0.6) is 5.75 Å². The molecular weight excluding hydrogens is 280 g/mol. The Morgan fingerprint density at radius 3 is 2.50 bits per heavy atom. The van der Waals surface area contributed by atoms with Crippen LogP contribution in [0.25, 0.3) is 6.08 Å². The third-order valence-electron chi connectivity index (χ3n) is 3.19. The number of carbonyl (C=O) groups is 2. The Balaban J connectivity index is 2.13. The Bertz CT molecular complexity index is 717. The number of rotatable bonds is 6. The monoisotopic (exact) mass is 296 g/mol. The lowest BCUT2D eigenvalue weighted by Gasteiger charge is -2.10. The lowest BCUT2D eigenvalue weighted by molar-refractivity contribution is -0.146. The van der Waals surface area contributed by atoms with E-state index in [1.54, 1.807) is 18.2 Å². The van der Waals surface area contributed by atoms with Crippen molar-refractivity contribution in [1.29, 1.82) is 0 Å². The number of aliphatic carboxylic acids is 1. The van der Waals surface area contributed by atoms with Crippen LogP contribution in [0.1, 0.15) is 16.7 Å². The summed E-state index contributed by atoms with van der Waals surface area (Å²) < 4.78 is 5.79. The SMILES string of the molecule is Cc1ccccc1COc1ccccc1/C=C/C(=O)C(=O)O. The first kappa shape index (κ1) is 15.5. The second-order valence-electron chi connectivity index (χ2n) is 4.76. The van der Waals surface area contributed by atoms with E-state index in [0.717, 1.165) is 17.2 Å². The largest absolute Gasteiger partial charge is 0.488 e. The summed E-state index contributed by atoms with van der Waals surface area (Å²) in [5, 5.41) is 8.58. The summed E-state index contributed by atoms with van der Waals surface area (Å²) in [5.74, 6) is -1.84. The topological polar surface area (TPSA) is 63.6 Å². The van der Waals surface area contributed by atoms with Gasteiger partial charge in [0.25, 0.3) is 5.78 Å². The van der Waals surface area contributed by atoms with E-state index < -0.39 is 11.8 Å². The number of para-hydroxylation sites is 1. The van der Waals surface area contributed by atoms with Crippen LogP contribution in [-0.4, -0.2) is 16.9 Å². The molecule has 0 amide bonds. The molecule has 0 unspecified atom stereocenters. The average Bonchev–Trinajstić information content (AvgIpc) is 2.52. The van der Waals surface area contributed by atoms with E-state index in [1.807, 2.05) is 37.3 Å². The molecule has 4 heteroatoms. The van der Waals surface area contributed by atoms with E-state index in [9.17, 15) is 9.59 Å². The molecule has 0 spiro atoms. The molecule has 2 aromatic carbocycles. The second-order valence-corrected chi connectivity index (χ2v) is 4.76. The molecule has 4 nitrogen and oxygen atoms in total. The Kier molecular flexibility index (Phi) is 5.09. The van der Waals surface area contributed by atoms with E-state index in [4.69, 9.17) is 9.84 Å². The van der Waals surface area contributed by atoms with Crippen molar-refractivity contribution in [3.8, 4) is 5.75 Å². The predicted molar refractivity (Wildman–Crippen MR) is 83.6 cm³/mol. The first-order chi connectivity index (χ1) is 10.6. The van der Waals surface area contributed by atoms with Crippen molar-refractivity contribution >= 4 is 17.8 Å². The van der Waals surface area contributed by atoms with Gasteiger partial charge in [0.05, 0.1) is 0 Å². The highest BCUT2D eigenvalue weighted by Gasteiger charge is 2.07. The van der Waals surface area contributed by atoms with Crippen LogP contribution < -0.4 is 4.74 Å². The molecule has 0 fully saturated rings. The van der Waals surface area contributed by atoms with Crippen molar-refractivity contribution in [2.75, 3.05) is 0 Å². The highest BCUT2D eigenvalue weighted by atomic mass is 16.5. The van der Waals surface area contributed by atoms with E-state index in [2.05, 4.69) is 0 Å². The second kappa shape index (κ2) is 7.22. The Morgan fingerprint density at radius 2 is 1.77 bits per heavy atom. The minimum Gasteiger partial charge on any atom is -0.488 e. The van der Waals surface area contributed by atoms with Gasteiger partial charge in [-0.2, -0.15) is 0 Å². The number of ketones is 1. The van der Waals surface area contributed by atoms with Crippen LogP contribution in [0.3, 0.4) is 0 Å². The number of hydrogen-bond donors (Lipinski definition) is 1.